The molecule has 0 radical (unpaired) electrons. The fourth-order valence-corrected chi connectivity index (χ4v) is 5.03. The summed E-state index contributed by atoms with van der Waals surface area (Å²) in [5, 5.41) is 1.73. The minimum atomic E-state index is -0.255. The Hall–Kier alpha value is -3.42. The molecule has 3 aromatic heterocycles. The maximum absolute atomic E-state index is 13.9. The number of halogens is 1. The van der Waals surface area contributed by atoms with Crippen molar-refractivity contribution in [1.29, 1.82) is 0 Å². The number of hydrogen-bond donors (Lipinski definition) is 2. The van der Waals surface area contributed by atoms with Crippen molar-refractivity contribution in [2.45, 2.75) is 31.8 Å². The van der Waals surface area contributed by atoms with Gasteiger partial charge in [0.05, 0.1) is 17.5 Å². The number of H-pyrrole nitrogens is 2. The van der Waals surface area contributed by atoms with E-state index in [9.17, 15) is 9.18 Å². The molecule has 2 saturated heterocycles. The summed E-state index contributed by atoms with van der Waals surface area (Å²) in [5.74, 6) is 0.655. The Morgan fingerprint density at radius 2 is 1.97 bits per heavy atom. The molecule has 4 aromatic rings. The molecule has 152 valence electrons. The van der Waals surface area contributed by atoms with Gasteiger partial charge in [-0.05, 0) is 49.6 Å². The number of anilines is 1. The number of carbonyl (C=O) groups is 1. The summed E-state index contributed by atoms with van der Waals surface area (Å²) >= 11 is 0. The van der Waals surface area contributed by atoms with Crippen molar-refractivity contribution in [1.82, 2.24) is 24.8 Å². The van der Waals surface area contributed by atoms with Gasteiger partial charge in [0.15, 0.2) is 0 Å². The van der Waals surface area contributed by atoms with E-state index in [1.54, 1.807) is 25.4 Å². The van der Waals surface area contributed by atoms with E-state index in [0.29, 0.717) is 11.3 Å². The summed E-state index contributed by atoms with van der Waals surface area (Å²) in [5.41, 5.74) is 2.71. The smallest absolute Gasteiger partial charge is 0.270 e. The summed E-state index contributed by atoms with van der Waals surface area (Å²) in [6.07, 6.45) is 5.40. The zero-order valence-electron chi connectivity index (χ0n) is 16.5. The van der Waals surface area contributed by atoms with E-state index < -0.39 is 0 Å². The normalized spacial score (nSPS) is 21.1. The molecule has 2 bridgehead atoms. The Bertz CT molecular complexity index is 1240. The largest absolute Gasteiger partial charge is 0.352 e. The Morgan fingerprint density at radius 3 is 2.77 bits per heavy atom. The van der Waals surface area contributed by atoms with Crippen LogP contribution in [0.25, 0.3) is 21.9 Å². The van der Waals surface area contributed by atoms with Crippen LogP contribution < -0.4 is 4.90 Å². The third-order valence-electron chi connectivity index (χ3n) is 6.48. The second-order valence-corrected chi connectivity index (χ2v) is 8.31. The number of fused-ring (bicyclic) bond motifs is 4. The second-order valence-electron chi connectivity index (χ2n) is 8.31. The van der Waals surface area contributed by atoms with Gasteiger partial charge >= 0.3 is 0 Å². The SMILES string of the molecule is Cc1cc2[nH]c(C(=O)N3C4CC[C@H]3CN(c3ncnc5[nH]ccc35)C4)cc2cc1F. The van der Waals surface area contributed by atoms with Crippen molar-refractivity contribution in [2.24, 2.45) is 0 Å². The highest BCUT2D eigenvalue weighted by atomic mass is 19.1. The number of hydrogen-bond acceptors (Lipinski definition) is 4. The third kappa shape index (κ3) is 2.52. The van der Waals surface area contributed by atoms with Crippen LogP contribution in [0.1, 0.15) is 28.9 Å². The standard InChI is InChI=1S/C22H21FN6O/c1-12-6-18-13(7-17(12)23)8-19(27-18)22(30)29-14-2-3-15(29)10-28(9-14)21-16-4-5-24-20(16)25-11-26-21/h4-8,11,14-15,27H,2-3,9-10H2,1H3,(H,24,25,26)/t14-,15?/m0/s1. The average molecular weight is 404 g/mol. The highest BCUT2D eigenvalue weighted by Crippen LogP contribution is 2.35. The minimum Gasteiger partial charge on any atom is -0.352 e. The summed E-state index contributed by atoms with van der Waals surface area (Å²) < 4.78 is 13.9. The fourth-order valence-electron chi connectivity index (χ4n) is 5.03. The van der Waals surface area contributed by atoms with Gasteiger partial charge in [-0.25, -0.2) is 14.4 Å². The van der Waals surface area contributed by atoms with Crippen molar-refractivity contribution in [2.75, 3.05) is 18.0 Å². The number of piperazine rings is 1. The number of carbonyl (C=O) groups excluding carboxylic acids is 1. The van der Waals surface area contributed by atoms with Gasteiger partial charge in [-0.2, -0.15) is 0 Å². The van der Waals surface area contributed by atoms with Crippen molar-refractivity contribution in [3.8, 4) is 0 Å². The lowest BCUT2D eigenvalue weighted by atomic mass is 10.1. The molecule has 0 spiro atoms. The van der Waals surface area contributed by atoms with Crippen LogP contribution in [0.4, 0.5) is 10.2 Å². The molecule has 1 unspecified atom stereocenters. The molecule has 1 aromatic carbocycles. The quantitative estimate of drug-likeness (QED) is 0.537. The molecular formula is C22H21FN6O. The van der Waals surface area contributed by atoms with Gasteiger partial charge in [-0.1, -0.05) is 0 Å². The predicted molar refractivity (Wildman–Crippen MR) is 112 cm³/mol. The van der Waals surface area contributed by atoms with E-state index in [4.69, 9.17) is 0 Å². The first-order chi connectivity index (χ1) is 14.6. The molecular weight excluding hydrogens is 383 g/mol. The first-order valence-corrected chi connectivity index (χ1v) is 10.2. The van der Waals surface area contributed by atoms with Gasteiger partial charge in [0.1, 0.15) is 29.3 Å². The van der Waals surface area contributed by atoms with Crippen LogP contribution in [-0.2, 0) is 0 Å². The zero-order valence-corrected chi connectivity index (χ0v) is 16.5. The van der Waals surface area contributed by atoms with Gasteiger partial charge in [-0.15, -0.1) is 0 Å². The number of aryl methyl sites for hydroxylation is 1. The maximum Gasteiger partial charge on any atom is 0.270 e. The number of rotatable bonds is 2. The molecule has 7 nitrogen and oxygen atoms in total. The molecule has 2 aliphatic rings. The summed E-state index contributed by atoms with van der Waals surface area (Å²) in [6.45, 7) is 3.21. The van der Waals surface area contributed by atoms with E-state index in [-0.39, 0.29) is 23.8 Å². The van der Waals surface area contributed by atoms with Crippen molar-refractivity contribution in [3.63, 3.8) is 0 Å². The molecule has 0 saturated carbocycles. The Balaban J connectivity index is 1.30. The second kappa shape index (κ2) is 6.29. The lowest BCUT2D eigenvalue weighted by Gasteiger charge is -2.41. The lowest BCUT2D eigenvalue weighted by Crippen LogP contribution is -2.56. The van der Waals surface area contributed by atoms with Crippen LogP contribution in [0.3, 0.4) is 0 Å². The topological polar surface area (TPSA) is 80.9 Å². The van der Waals surface area contributed by atoms with Crippen LogP contribution in [-0.4, -0.2) is 55.9 Å². The monoisotopic (exact) mass is 404 g/mol. The molecule has 30 heavy (non-hydrogen) atoms. The predicted octanol–water partition coefficient (Wildman–Crippen LogP) is 3.38. The summed E-state index contributed by atoms with van der Waals surface area (Å²) in [4.78, 5) is 32.8. The van der Waals surface area contributed by atoms with Gasteiger partial charge in [0, 0.05) is 30.2 Å². The lowest BCUT2D eigenvalue weighted by molar-refractivity contribution is 0.0636. The van der Waals surface area contributed by atoms with Crippen LogP contribution in [0, 0.1) is 12.7 Å². The van der Waals surface area contributed by atoms with Crippen molar-refractivity contribution in [3.05, 3.63) is 53.9 Å². The van der Waals surface area contributed by atoms with Crippen LogP contribution in [0.15, 0.2) is 36.8 Å². The van der Waals surface area contributed by atoms with E-state index >= 15 is 0 Å². The first kappa shape index (κ1) is 17.4. The highest BCUT2D eigenvalue weighted by Gasteiger charge is 2.43. The van der Waals surface area contributed by atoms with Gasteiger partial charge < -0.3 is 19.8 Å². The van der Waals surface area contributed by atoms with E-state index in [2.05, 4.69) is 24.8 Å². The molecule has 0 aliphatic carbocycles. The van der Waals surface area contributed by atoms with E-state index in [0.717, 1.165) is 53.7 Å². The van der Waals surface area contributed by atoms with Crippen LogP contribution >= 0.6 is 0 Å². The van der Waals surface area contributed by atoms with Crippen molar-refractivity contribution < 1.29 is 9.18 Å². The number of aromatic amines is 2. The van der Waals surface area contributed by atoms with Crippen LogP contribution in [0.2, 0.25) is 0 Å². The molecule has 8 heteroatoms. The maximum atomic E-state index is 13.9. The van der Waals surface area contributed by atoms with E-state index in [1.807, 2.05) is 17.2 Å². The highest BCUT2D eigenvalue weighted by molar-refractivity contribution is 5.99. The Labute approximate surface area is 171 Å². The average Bonchev–Trinajstić information content (AvgIpc) is 3.43. The minimum absolute atomic E-state index is 0.00844. The van der Waals surface area contributed by atoms with Gasteiger partial charge in [0.2, 0.25) is 0 Å². The number of amides is 1. The molecule has 1 amide bonds. The summed E-state index contributed by atoms with van der Waals surface area (Å²) in [7, 11) is 0. The molecule has 2 atom stereocenters. The summed E-state index contributed by atoms with van der Waals surface area (Å²) in [6, 6.07) is 7.26. The zero-order chi connectivity index (χ0) is 20.4. The number of nitrogens with one attached hydrogen (secondary N) is 2. The molecule has 5 heterocycles. The van der Waals surface area contributed by atoms with Crippen LogP contribution in [0.5, 0.6) is 0 Å². The van der Waals surface area contributed by atoms with Gasteiger partial charge in [-0.3, -0.25) is 4.79 Å². The molecule has 2 N–H and O–H groups in total. The van der Waals surface area contributed by atoms with Gasteiger partial charge in [0.25, 0.3) is 5.91 Å². The number of nitrogens with zero attached hydrogens (tertiary/aromatic N) is 4. The molecule has 2 fully saturated rings. The number of benzene rings is 1. The molecule has 6 rings (SSSR count). The number of aromatic nitrogens is 4. The first-order valence-electron chi connectivity index (χ1n) is 10.2. The Kier molecular flexibility index (Phi) is 3.65. The van der Waals surface area contributed by atoms with Crippen molar-refractivity contribution >= 4 is 33.7 Å². The van der Waals surface area contributed by atoms with E-state index in [1.165, 1.54) is 6.07 Å². The fraction of sp³-hybridized carbons (Fsp3) is 0.318. The molecule has 2 aliphatic heterocycles. The Morgan fingerprint density at radius 1 is 1.17 bits per heavy atom. The third-order valence-corrected chi connectivity index (χ3v) is 6.48.